The van der Waals surface area contributed by atoms with E-state index in [1.54, 1.807) is 0 Å². The zero-order chi connectivity index (χ0) is 16.1. The second kappa shape index (κ2) is 7.40. The number of hydrogen-bond donors (Lipinski definition) is 2. The lowest BCUT2D eigenvalue weighted by Gasteiger charge is -2.13. The summed E-state index contributed by atoms with van der Waals surface area (Å²) in [5.41, 5.74) is 5.78. The van der Waals surface area contributed by atoms with Crippen LogP contribution in [-0.4, -0.2) is 21.4 Å². The molecule has 0 bridgehead atoms. The number of benzene rings is 1. The zero-order valence-electron chi connectivity index (χ0n) is 13.7. The van der Waals surface area contributed by atoms with Crippen LogP contribution in [0.2, 0.25) is 0 Å². The first-order chi connectivity index (χ1) is 10.5. The van der Waals surface area contributed by atoms with E-state index in [9.17, 15) is 0 Å². The average Bonchev–Trinajstić information content (AvgIpc) is 2.76. The molecule has 2 N–H and O–H groups in total. The third kappa shape index (κ3) is 4.56. The van der Waals surface area contributed by atoms with E-state index < -0.39 is 0 Å². The van der Waals surface area contributed by atoms with E-state index in [4.69, 9.17) is 12.2 Å². The maximum Gasteiger partial charge on any atom is 0.170 e. The van der Waals surface area contributed by atoms with Gasteiger partial charge in [-0.3, -0.25) is 4.68 Å². The van der Waals surface area contributed by atoms with Crippen molar-refractivity contribution in [3.05, 3.63) is 46.8 Å². The predicted molar refractivity (Wildman–Crippen MR) is 96.5 cm³/mol. The van der Waals surface area contributed by atoms with Crippen LogP contribution in [0.1, 0.15) is 28.9 Å². The topological polar surface area (TPSA) is 41.9 Å². The highest BCUT2D eigenvalue weighted by Crippen LogP contribution is 2.15. The third-order valence-corrected chi connectivity index (χ3v) is 3.81. The molecule has 0 unspecified atom stereocenters. The van der Waals surface area contributed by atoms with E-state index in [1.165, 1.54) is 16.8 Å². The number of nitrogens with one attached hydrogen (secondary N) is 2. The number of anilines is 1. The summed E-state index contributed by atoms with van der Waals surface area (Å²) in [6.07, 6.45) is 0.983. The van der Waals surface area contributed by atoms with Gasteiger partial charge in [0.2, 0.25) is 0 Å². The van der Waals surface area contributed by atoms with Crippen LogP contribution in [0.3, 0.4) is 0 Å². The minimum Gasteiger partial charge on any atom is -0.362 e. The quantitative estimate of drug-likeness (QED) is 0.654. The molecule has 22 heavy (non-hydrogen) atoms. The van der Waals surface area contributed by atoms with Gasteiger partial charge in [-0.1, -0.05) is 17.7 Å². The van der Waals surface area contributed by atoms with Gasteiger partial charge in [0.05, 0.1) is 5.69 Å². The monoisotopic (exact) mass is 316 g/mol. The van der Waals surface area contributed by atoms with Crippen molar-refractivity contribution in [2.75, 3.05) is 11.9 Å². The summed E-state index contributed by atoms with van der Waals surface area (Å²) in [6, 6.07) is 8.39. The SMILES string of the molecule is Cc1ccc(NC(=S)NCCCn2nc(C)cc2C)c(C)c1. The van der Waals surface area contributed by atoms with Crippen molar-refractivity contribution in [2.24, 2.45) is 0 Å². The smallest absolute Gasteiger partial charge is 0.170 e. The van der Waals surface area contributed by atoms with E-state index >= 15 is 0 Å². The molecule has 0 aliphatic heterocycles. The summed E-state index contributed by atoms with van der Waals surface area (Å²) in [7, 11) is 0. The Labute approximate surface area is 137 Å². The Kier molecular flexibility index (Phi) is 5.55. The van der Waals surface area contributed by atoms with Crippen LogP contribution in [0.4, 0.5) is 5.69 Å². The van der Waals surface area contributed by atoms with Crippen LogP contribution in [0.15, 0.2) is 24.3 Å². The molecule has 1 aromatic carbocycles. The van der Waals surface area contributed by atoms with Crippen molar-refractivity contribution < 1.29 is 0 Å². The first kappa shape index (κ1) is 16.5. The molecule has 118 valence electrons. The normalized spacial score (nSPS) is 10.5. The van der Waals surface area contributed by atoms with Gasteiger partial charge in [-0.25, -0.2) is 0 Å². The Morgan fingerprint density at radius 3 is 2.59 bits per heavy atom. The van der Waals surface area contributed by atoms with Gasteiger partial charge in [-0.2, -0.15) is 5.10 Å². The van der Waals surface area contributed by atoms with Crippen molar-refractivity contribution in [3.8, 4) is 0 Å². The molecular formula is C17H24N4S. The molecule has 0 fully saturated rings. The molecule has 0 saturated heterocycles. The molecular weight excluding hydrogens is 292 g/mol. The van der Waals surface area contributed by atoms with Crippen molar-refractivity contribution in [3.63, 3.8) is 0 Å². The second-order valence-electron chi connectivity index (χ2n) is 5.70. The summed E-state index contributed by atoms with van der Waals surface area (Å²) in [6.45, 7) is 10.0. The molecule has 1 heterocycles. The molecule has 1 aromatic heterocycles. The first-order valence-electron chi connectivity index (χ1n) is 7.59. The number of rotatable bonds is 5. The van der Waals surface area contributed by atoms with E-state index in [-0.39, 0.29) is 0 Å². The van der Waals surface area contributed by atoms with Crippen LogP contribution < -0.4 is 10.6 Å². The summed E-state index contributed by atoms with van der Waals surface area (Å²) in [4.78, 5) is 0. The molecule has 2 rings (SSSR count). The van der Waals surface area contributed by atoms with Crippen LogP contribution in [-0.2, 0) is 6.54 Å². The summed E-state index contributed by atoms with van der Waals surface area (Å²) < 4.78 is 2.04. The number of thiocarbonyl (C=S) groups is 1. The van der Waals surface area contributed by atoms with Gasteiger partial charge in [0.15, 0.2) is 5.11 Å². The highest BCUT2D eigenvalue weighted by Gasteiger charge is 2.02. The van der Waals surface area contributed by atoms with Crippen molar-refractivity contribution in [1.82, 2.24) is 15.1 Å². The Hall–Kier alpha value is -1.88. The Balaban J connectivity index is 1.75. The Morgan fingerprint density at radius 2 is 1.95 bits per heavy atom. The van der Waals surface area contributed by atoms with Crippen molar-refractivity contribution >= 4 is 23.0 Å². The van der Waals surface area contributed by atoms with Crippen molar-refractivity contribution in [2.45, 2.75) is 40.7 Å². The summed E-state index contributed by atoms with van der Waals surface area (Å²) in [5, 5.41) is 11.6. The van der Waals surface area contributed by atoms with E-state index in [0.717, 1.165) is 30.9 Å². The lowest BCUT2D eigenvalue weighted by atomic mass is 10.1. The first-order valence-corrected chi connectivity index (χ1v) is 7.99. The highest BCUT2D eigenvalue weighted by atomic mass is 32.1. The van der Waals surface area contributed by atoms with Gasteiger partial charge in [0.1, 0.15) is 0 Å². The summed E-state index contributed by atoms with van der Waals surface area (Å²) >= 11 is 5.34. The van der Waals surface area contributed by atoms with E-state index in [0.29, 0.717) is 5.11 Å². The van der Waals surface area contributed by atoms with Crippen molar-refractivity contribution in [1.29, 1.82) is 0 Å². The molecule has 5 heteroatoms. The number of aromatic nitrogens is 2. The predicted octanol–water partition coefficient (Wildman–Crippen LogP) is 3.49. The number of nitrogens with zero attached hydrogens (tertiary/aromatic N) is 2. The maximum atomic E-state index is 5.34. The summed E-state index contributed by atoms with van der Waals surface area (Å²) in [5.74, 6) is 0. The molecule has 0 saturated carbocycles. The van der Waals surface area contributed by atoms with Gasteiger partial charge in [0.25, 0.3) is 0 Å². The molecule has 0 radical (unpaired) electrons. The van der Waals surface area contributed by atoms with Gasteiger partial charge < -0.3 is 10.6 Å². The standard InChI is InChI=1S/C17H24N4S/c1-12-6-7-16(13(2)10-12)19-17(22)18-8-5-9-21-15(4)11-14(3)20-21/h6-7,10-11H,5,8-9H2,1-4H3,(H2,18,19,22). The fourth-order valence-electron chi connectivity index (χ4n) is 2.45. The Bertz CT molecular complexity index is 661. The fourth-order valence-corrected chi connectivity index (χ4v) is 2.66. The number of hydrogen-bond acceptors (Lipinski definition) is 2. The third-order valence-electron chi connectivity index (χ3n) is 3.57. The van der Waals surface area contributed by atoms with Crippen LogP contribution in [0.5, 0.6) is 0 Å². The highest BCUT2D eigenvalue weighted by molar-refractivity contribution is 7.80. The van der Waals surface area contributed by atoms with Crippen LogP contribution in [0.25, 0.3) is 0 Å². The van der Waals surface area contributed by atoms with Gasteiger partial charge >= 0.3 is 0 Å². The van der Waals surface area contributed by atoms with Gasteiger partial charge in [0, 0.05) is 24.5 Å². The lowest BCUT2D eigenvalue weighted by molar-refractivity contribution is 0.558. The van der Waals surface area contributed by atoms with Crippen LogP contribution >= 0.6 is 12.2 Å². The molecule has 4 nitrogen and oxygen atoms in total. The molecule has 2 aromatic rings. The fraction of sp³-hybridized carbons (Fsp3) is 0.412. The number of aryl methyl sites for hydroxylation is 5. The molecule has 0 aliphatic rings. The molecule has 0 spiro atoms. The van der Waals surface area contributed by atoms with Gasteiger partial charge in [-0.15, -0.1) is 0 Å². The second-order valence-corrected chi connectivity index (χ2v) is 6.11. The molecule has 0 atom stereocenters. The minimum absolute atomic E-state index is 0.667. The zero-order valence-corrected chi connectivity index (χ0v) is 14.5. The van der Waals surface area contributed by atoms with Crippen LogP contribution in [0, 0.1) is 27.7 Å². The largest absolute Gasteiger partial charge is 0.362 e. The maximum absolute atomic E-state index is 5.34. The molecule has 0 aliphatic carbocycles. The minimum atomic E-state index is 0.667. The van der Waals surface area contributed by atoms with Gasteiger partial charge in [-0.05, 0) is 64.0 Å². The Morgan fingerprint density at radius 1 is 1.18 bits per heavy atom. The average molecular weight is 316 g/mol. The van der Waals surface area contributed by atoms with E-state index in [1.807, 2.05) is 11.6 Å². The lowest BCUT2D eigenvalue weighted by Crippen LogP contribution is -2.30. The molecule has 0 amide bonds. The van der Waals surface area contributed by atoms with E-state index in [2.05, 4.69) is 60.8 Å².